The SMILES string of the molecule is CCC(CC)NCc1ncccn1. The van der Waals surface area contributed by atoms with E-state index in [1.165, 1.54) is 0 Å². The Bertz CT molecular complexity index is 219. The fourth-order valence-corrected chi connectivity index (χ4v) is 1.23. The Labute approximate surface area is 79.6 Å². The summed E-state index contributed by atoms with van der Waals surface area (Å²) < 4.78 is 0. The highest BCUT2D eigenvalue weighted by atomic mass is 15.0. The van der Waals surface area contributed by atoms with Crippen molar-refractivity contribution in [2.75, 3.05) is 0 Å². The van der Waals surface area contributed by atoms with E-state index in [-0.39, 0.29) is 0 Å². The fourth-order valence-electron chi connectivity index (χ4n) is 1.23. The Kier molecular flexibility index (Phi) is 4.40. The van der Waals surface area contributed by atoms with E-state index in [1.807, 2.05) is 6.07 Å². The molecule has 1 aromatic heterocycles. The van der Waals surface area contributed by atoms with Crippen molar-refractivity contribution in [3.63, 3.8) is 0 Å². The average molecular weight is 179 g/mol. The lowest BCUT2D eigenvalue weighted by Gasteiger charge is -2.13. The van der Waals surface area contributed by atoms with Gasteiger partial charge in [-0.2, -0.15) is 0 Å². The molecule has 0 amide bonds. The summed E-state index contributed by atoms with van der Waals surface area (Å²) in [6, 6.07) is 2.42. The van der Waals surface area contributed by atoms with Crippen molar-refractivity contribution in [3.05, 3.63) is 24.3 Å². The molecular weight excluding hydrogens is 162 g/mol. The number of aromatic nitrogens is 2. The minimum Gasteiger partial charge on any atom is -0.307 e. The van der Waals surface area contributed by atoms with Gasteiger partial charge in [0.1, 0.15) is 5.82 Å². The monoisotopic (exact) mass is 179 g/mol. The van der Waals surface area contributed by atoms with Crippen LogP contribution >= 0.6 is 0 Å². The van der Waals surface area contributed by atoms with Crippen LogP contribution in [0, 0.1) is 0 Å². The molecule has 1 aromatic rings. The first-order valence-corrected chi connectivity index (χ1v) is 4.86. The molecule has 0 aromatic carbocycles. The molecule has 0 aliphatic rings. The zero-order chi connectivity index (χ0) is 9.52. The lowest BCUT2D eigenvalue weighted by Crippen LogP contribution is -2.27. The van der Waals surface area contributed by atoms with Crippen LogP contribution in [0.15, 0.2) is 18.5 Å². The molecular formula is C10H17N3. The minimum absolute atomic E-state index is 0.587. The molecule has 0 aliphatic carbocycles. The molecule has 3 heteroatoms. The summed E-state index contributed by atoms with van der Waals surface area (Å²) in [6.07, 6.45) is 5.86. The quantitative estimate of drug-likeness (QED) is 0.748. The first-order chi connectivity index (χ1) is 6.36. The largest absolute Gasteiger partial charge is 0.307 e. The number of nitrogens with one attached hydrogen (secondary N) is 1. The van der Waals surface area contributed by atoms with Crippen LogP contribution in [0.2, 0.25) is 0 Å². The van der Waals surface area contributed by atoms with Gasteiger partial charge in [0.25, 0.3) is 0 Å². The number of hydrogen-bond acceptors (Lipinski definition) is 3. The Morgan fingerprint density at radius 3 is 2.38 bits per heavy atom. The van der Waals surface area contributed by atoms with E-state index in [9.17, 15) is 0 Å². The van der Waals surface area contributed by atoms with Gasteiger partial charge in [0, 0.05) is 18.4 Å². The first kappa shape index (κ1) is 10.1. The highest BCUT2D eigenvalue weighted by molar-refractivity contribution is 4.88. The maximum absolute atomic E-state index is 4.15. The predicted octanol–water partition coefficient (Wildman–Crippen LogP) is 1.75. The van der Waals surface area contributed by atoms with E-state index in [2.05, 4.69) is 29.1 Å². The summed E-state index contributed by atoms with van der Waals surface area (Å²) in [5.41, 5.74) is 0. The zero-order valence-electron chi connectivity index (χ0n) is 8.33. The summed E-state index contributed by atoms with van der Waals surface area (Å²) in [7, 11) is 0. The number of rotatable bonds is 5. The standard InChI is InChI=1S/C10H17N3/c1-3-9(4-2)13-8-10-11-6-5-7-12-10/h5-7,9,13H,3-4,8H2,1-2H3. The average Bonchev–Trinajstić information content (AvgIpc) is 2.21. The maximum Gasteiger partial charge on any atom is 0.141 e. The molecule has 1 N–H and O–H groups in total. The van der Waals surface area contributed by atoms with Crippen molar-refractivity contribution >= 4 is 0 Å². The number of nitrogens with zero attached hydrogens (tertiary/aromatic N) is 2. The van der Waals surface area contributed by atoms with Gasteiger partial charge in [-0.05, 0) is 18.9 Å². The lowest BCUT2D eigenvalue weighted by atomic mass is 10.2. The van der Waals surface area contributed by atoms with Gasteiger partial charge in [-0.1, -0.05) is 13.8 Å². The van der Waals surface area contributed by atoms with Gasteiger partial charge < -0.3 is 5.32 Å². The molecule has 3 nitrogen and oxygen atoms in total. The van der Waals surface area contributed by atoms with Crippen LogP contribution in [0.5, 0.6) is 0 Å². The van der Waals surface area contributed by atoms with Gasteiger partial charge in [-0.25, -0.2) is 9.97 Å². The predicted molar refractivity (Wildman–Crippen MR) is 53.2 cm³/mol. The van der Waals surface area contributed by atoms with Crippen molar-refractivity contribution in [1.82, 2.24) is 15.3 Å². The fraction of sp³-hybridized carbons (Fsp3) is 0.600. The van der Waals surface area contributed by atoms with E-state index in [4.69, 9.17) is 0 Å². The molecule has 0 saturated carbocycles. The molecule has 72 valence electrons. The normalized spacial score (nSPS) is 10.7. The van der Waals surface area contributed by atoms with Crippen molar-refractivity contribution < 1.29 is 0 Å². The van der Waals surface area contributed by atoms with Gasteiger partial charge >= 0.3 is 0 Å². The summed E-state index contributed by atoms with van der Waals surface area (Å²) >= 11 is 0. The maximum atomic E-state index is 4.15. The van der Waals surface area contributed by atoms with Crippen LogP contribution in [0.3, 0.4) is 0 Å². The van der Waals surface area contributed by atoms with E-state index in [0.29, 0.717) is 6.04 Å². The van der Waals surface area contributed by atoms with E-state index in [0.717, 1.165) is 25.2 Å². The zero-order valence-corrected chi connectivity index (χ0v) is 8.33. The molecule has 0 radical (unpaired) electrons. The Morgan fingerprint density at radius 1 is 1.23 bits per heavy atom. The van der Waals surface area contributed by atoms with Crippen molar-refractivity contribution in [2.45, 2.75) is 39.3 Å². The summed E-state index contributed by atoms with van der Waals surface area (Å²) in [5, 5.41) is 3.41. The minimum atomic E-state index is 0.587. The highest BCUT2D eigenvalue weighted by Gasteiger charge is 2.02. The molecule has 0 aliphatic heterocycles. The Morgan fingerprint density at radius 2 is 1.85 bits per heavy atom. The van der Waals surface area contributed by atoms with Crippen LogP contribution in [-0.2, 0) is 6.54 Å². The Balaban J connectivity index is 2.34. The molecule has 0 fully saturated rings. The summed E-state index contributed by atoms with van der Waals surface area (Å²) in [6.45, 7) is 5.15. The highest BCUT2D eigenvalue weighted by Crippen LogP contribution is 1.97. The molecule has 1 heterocycles. The van der Waals surface area contributed by atoms with Crippen LogP contribution in [0.1, 0.15) is 32.5 Å². The third kappa shape index (κ3) is 3.51. The van der Waals surface area contributed by atoms with Gasteiger partial charge in [0.2, 0.25) is 0 Å². The second kappa shape index (κ2) is 5.65. The molecule has 0 saturated heterocycles. The lowest BCUT2D eigenvalue weighted by molar-refractivity contribution is 0.476. The van der Waals surface area contributed by atoms with Crippen LogP contribution < -0.4 is 5.32 Å². The molecule has 0 atom stereocenters. The molecule has 0 bridgehead atoms. The summed E-state index contributed by atoms with van der Waals surface area (Å²) in [4.78, 5) is 8.29. The van der Waals surface area contributed by atoms with E-state index >= 15 is 0 Å². The third-order valence-corrected chi connectivity index (χ3v) is 2.15. The van der Waals surface area contributed by atoms with Crippen molar-refractivity contribution in [3.8, 4) is 0 Å². The smallest absolute Gasteiger partial charge is 0.141 e. The molecule has 0 spiro atoms. The van der Waals surface area contributed by atoms with Gasteiger partial charge in [0.05, 0.1) is 6.54 Å². The molecule has 0 unspecified atom stereocenters. The first-order valence-electron chi connectivity index (χ1n) is 4.86. The molecule has 1 rings (SSSR count). The van der Waals surface area contributed by atoms with E-state index in [1.54, 1.807) is 12.4 Å². The topological polar surface area (TPSA) is 37.8 Å². The van der Waals surface area contributed by atoms with E-state index < -0.39 is 0 Å². The van der Waals surface area contributed by atoms with Gasteiger partial charge in [0.15, 0.2) is 0 Å². The number of hydrogen-bond donors (Lipinski definition) is 1. The van der Waals surface area contributed by atoms with Crippen LogP contribution in [0.25, 0.3) is 0 Å². The van der Waals surface area contributed by atoms with Gasteiger partial charge in [-0.15, -0.1) is 0 Å². The second-order valence-corrected chi connectivity index (χ2v) is 3.06. The summed E-state index contributed by atoms with van der Waals surface area (Å²) in [5.74, 6) is 0.870. The Hall–Kier alpha value is -0.960. The third-order valence-electron chi connectivity index (χ3n) is 2.15. The second-order valence-electron chi connectivity index (χ2n) is 3.06. The van der Waals surface area contributed by atoms with Crippen LogP contribution in [0.4, 0.5) is 0 Å². The van der Waals surface area contributed by atoms with Gasteiger partial charge in [-0.3, -0.25) is 0 Å². The molecule has 13 heavy (non-hydrogen) atoms. The van der Waals surface area contributed by atoms with Crippen LogP contribution in [-0.4, -0.2) is 16.0 Å². The van der Waals surface area contributed by atoms with Crippen molar-refractivity contribution in [2.24, 2.45) is 0 Å². The van der Waals surface area contributed by atoms with Crippen molar-refractivity contribution in [1.29, 1.82) is 0 Å².